The Labute approximate surface area is 139 Å². The first-order valence-corrected chi connectivity index (χ1v) is 7.96. The summed E-state index contributed by atoms with van der Waals surface area (Å²) in [5.41, 5.74) is 2.41. The number of carbonyl (C=O) groups is 2. The van der Waals surface area contributed by atoms with Crippen molar-refractivity contribution in [1.82, 2.24) is 25.5 Å². The van der Waals surface area contributed by atoms with Crippen molar-refractivity contribution < 1.29 is 9.59 Å². The van der Waals surface area contributed by atoms with Gasteiger partial charge in [-0.25, -0.2) is 4.68 Å². The third-order valence-electron chi connectivity index (χ3n) is 4.21. The van der Waals surface area contributed by atoms with Gasteiger partial charge >= 0.3 is 0 Å². The molecule has 1 aromatic heterocycles. The Hall–Kier alpha value is -2.77. The van der Waals surface area contributed by atoms with Gasteiger partial charge in [0, 0.05) is 24.6 Å². The molecule has 8 heteroatoms. The Morgan fingerprint density at radius 2 is 2.17 bits per heavy atom. The molecule has 24 heavy (non-hydrogen) atoms. The molecule has 0 unspecified atom stereocenters. The highest BCUT2D eigenvalue weighted by atomic mass is 16.2. The fraction of sp³-hybridized carbons (Fsp3) is 0.438. The summed E-state index contributed by atoms with van der Waals surface area (Å²) < 4.78 is 1.52. The second-order valence-electron chi connectivity index (χ2n) is 6.16. The molecule has 8 nitrogen and oxygen atoms in total. The van der Waals surface area contributed by atoms with Crippen molar-refractivity contribution in [2.24, 2.45) is 11.8 Å². The minimum atomic E-state index is -0.142. The maximum Gasteiger partial charge on any atom is 0.226 e. The van der Waals surface area contributed by atoms with Gasteiger partial charge in [-0.15, -0.1) is 5.10 Å². The normalized spacial score (nSPS) is 18.9. The molecule has 0 bridgehead atoms. The first kappa shape index (κ1) is 16.1. The van der Waals surface area contributed by atoms with Crippen molar-refractivity contribution in [1.29, 1.82) is 0 Å². The first-order valence-electron chi connectivity index (χ1n) is 7.96. The Morgan fingerprint density at radius 1 is 1.38 bits per heavy atom. The van der Waals surface area contributed by atoms with E-state index in [1.807, 2.05) is 25.1 Å². The van der Waals surface area contributed by atoms with E-state index in [4.69, 9.17) is 0 Å². The maximum atomic E-state index is 12.1. The van der Waals surface area contributed by atoms with Gasteiger partial charge in [0.05, 0.1) is 5.69 Å². The average Bonchev–Trinajstić information content (AvgIpc) is 3.06. The molecule has 0 radical (unpaired) electrons. The van der Waals surface area contributed by atoms with Gasteiger partial charge in [0.15, 0.2) is 0 Å². The summed E-state index contributed by atoms with van der Waals surface area (Å²) in [7, 11) is 0. The number of tetrazole rings is 1. The molecule has 0 aliphatic heterocycles. The predicted octanol–water partition coefficient (Wildman–Crippen LogP) is 1.07. The number of rotatable bonds is 6. The predicted molar refractivity (Wildman–Crippen MR) is 87.4 cm³/mol. The van der Waals surface area contributed by atoms with Crippen LogP contribution in [0.5, 0.6) is 0 Å². The van der Waals surface area contributed by atoms with E-state index >= 15 is 0 Å². The SMILES string of the molecule is Cc1ccc(-n2cnnn2)cc1NC(=O)CCNC(=O)[C@H]1C[C@H]1C. The summed E-state index contributed by atoms with van der Waals surface area (Å²) >= 11 is 0. The number of amides is 2. The lowest BCUT2D eigenvalue weighted by molar-refractivity contribution is -0.122. The number of aryl methyl sites for hydroxylation is 1. The Balaban J connectivity index is 1.54. The molecule has 126 valence electrons. The van der Waals surface area contributed by atoms with Crippen LogP contribution in [-0.2, 0) is 9.59 Å². The van der Waals surface area contributed by atoms with Crippen LogP contribution in [0.2, 0.25) is 0 Å². The second kappa shape index (κ2) is 6.77. The number of carbonyl (C=O) groups excluding carboxylic acids is 2. The highest BCUT2D eigenvalue weighted by Crippen LogP contribution is 2.37. The number of aromatic nitrogens is 4. The summed E-state index contributed by atoms with van der Waals surface area (Å²) in [5.74, 6) is 0.502. The van der Waals surface area contributed by atoms with E-state index in [2.05, 4.69) is 33.1 Å². The van der Waals surface area contributed by atoms with Crippen LogP contribution < -0.4 is 10.6 Å². The molecule has 1 saturated carbocycles. The zero-order valence-electron chi connectivity index (χ0n) is 13.7. The van der Waals surface area contributed by atoms with Crippen molar-refractivity contribution in [2.45, 2.75) is 26.7 Å². The Kier molecular flexibility index (Phi) is 4.54. The minimum absolute atomic E-state index is 0.0483. The first-order chi connectivity index (χ1) is 11.5. The molecule has 2 N–H and O–H groups in total. The molecule has 1 heterocycles. The van der Waals surface area contributed by atoms with Gasteiger partial charge < -0.3 is 10.6 Å². The molecule has 1 aliphatic rings. The quantitative estimate of drug-likeness (QED) is 0.826. The Bertz CT molecular complexity index is 743. The minimum Gasteiger partial charge on any atom is -0.355 e. The van der Waals surface area contributed by atoms with E-state index in [9.17, 15) is 9.59 Å². The van der Waals surface area contributed by atoms with Gasteiger partial charge in [0.2, 0.25) is 11.8 Å². The Morgan fingerprint density at radius 3 is 2.83 bits per heavy atom. The smallest absolute Gasteiger partial charge is 0.226 e. The van der Waals surface area contributed by atoms with Crippen LogP contribution >= 0.6 is 0 Å². The van der Waals surface area contributed by atoms with E-state index in [1.54, 1.807) is 0 Å². The number of anilines is 1. The van der Waals surface area contributed by atoms with Gasteiger partial charge in [-0.1, -0.05) is 13.0 Å². The van der Waals surface area contributed by atoms with E-state index in [0.29, 0.717) is 18.2 Å². The standard InChI is InChI=1S/C16H20N6O2/c1-10-3-4-12(22-9-18-20-21-22)8-14(10)19-15(23)5-6-17-16(24)13-7-11(13)2/h3-4,8-9,11,13H,5-7H2,1-2H3,(H,17,24)(H,19,23)/t11-,13+/m1/s1. The number of nitrogens with zero attached hydrogens (tertiary/aromatic N) is 4. The zero-order chi connectivity index (χ0) is 17.1. The van der Waals surface area contributed by atoms with Gasteiger partial charge in [-0.05, 0) is 47.4 Å². The fourth-order valence-electron chi connectivity index (χ4n) is 2.50. The number of benzene rings is 1. The number of hydrogen-bond donors (Lipinski definition) is 2. The van der Waals surface area contributed by atoms with E-state index in [1.165, 1.54) is 11.0 Å². The molecule has 1 aliphatic carbocycles. The molecule has 0 saturated heterocycles. The summed E-state index contributed by atoms with van der Waals surface area (Å²) in [6.45, 7) is 4.31. The van der Waals surface area contributed by atoms with Crippen LogP contribution in [0, 0.1) is 18.8 Å². The lowest BCUT2D eigenvalue weighted by Crippen LogP contribution is -2.29. The summed E-state index contributed by atoms with van der Waals surface area (Å²) in [4.78, 5) is 23.8. The topological polar surface area (TPSA) is 102 Å². The van der Waals surface area contributed by atoms with Crippen LogP contribution in [0.3, 0.4) is 0 Å². The van der Waals surface area contributed by atoms with Crippen LogP contribution in [0.1, 0.15) is 25.3 Å². The highest BCUT2D eigenvalue weighted by molar-refractivity contribution is 5.92. The summed E-state index contributed by atoms with van der Waals surface area (Å²) in [6.07, 6.45) is 2.67. The third kappa shape index (κ3) is 3.76. The van der Waals surface area contributed by atoms with Crippen molar-refractivity contribution >= 4 is 17.5 Å². The van der Waals surface area contributed by atoms with Crippen molar-refractivity contribution in [2.75, 3.05) is 11.9 Å². The third-order valence-corrected chi connectivity index (χ3v) is 4.21. The molecular weight excluding hydrogens is 308 g/mol. The van der Waals surface area contributed by atoms with E-state index in [-0.39, 0.29) is 24.2 Å². The number of nitrogens with one attached hydrogen (secondary N) is 2. The van der Waals surface area contributed by atoms with E-state index in [0.717, 1.165) is 17.7 Å². The second-order valence-corrected chi connectivity index (χ2v) is 6.16. The lowest BCUT2D eigenvalue weighted by atomic mass is 10.1. The van der Waals surface area contributed by atoms with Crippen LogP contribution in [0.25, 0.3) is 5.69 Å². The van der Waals surface area contributed by atoms with Crippen molar-refractivity contribution in [3.8, 4) is 5.69 Å². The number of hydrogen-bond acceptors (Lipinski definition) is 5. The van der Waals surface area contributed by atoms with Crippen molar-refractivity contribution in [3.05, 3.63) is 30.1 Å². The zero-order valence-corrected chi connectivity index (χ0v) is 13.7. The largest absolute Gasteiger partial charge is 0.355 e. The van der Waals surface area contributed by atoms with Gasteiger partial charge in [-0.3, -0.25) is 9.59 Å². The van der Waals surface area contributed by atoms with Crippen LogP contribution in [0.4, 0.5) is 5.69 Å². The van der Waals surface area contributed by atoms with Gasteiger partial charge in [0.25, 0.3) is 0 Å². The molecule has 3 rings (SSSR count). The highest BCUT2D eigenvalue weighted by Gasteiger charge is 2.38. The van der Waals surface area contributed by atoms with Gasteiger partial charge in [0.1, 0.15) is 6.33 Å². The summed E-state index contributed by atoms with van der Waals surface area (Å²) in [5, 5.41) is 16.7. The lowest BCUT2D eigenvalue weighted by Gasteiger charge is -2.11. The molecule has 0 spiro atoms. The molecule has 2 atom stereocenters. The monoisotopic (exact) mass is 328 g/mol. The fourth-order valence-corrected chi connectivity index (χ4v) is 2.50. The van der Waals surface area contributed by atoms with E-state index < -0.39 is 0 Å². The van der Waals surface area contributed by atoms with Crippen LogP contribution in [-0.4, -0.2) is 38.6 Å². The maximum absolute atomic E-state index is 12.1. The van der Waals surface area contributed by atoms with Crippen LogP contribution in [0.15, 0.2) is 24.5 Å². The average molecular weight is 328 g/mol. The van der Waals surface area contributed by atoms with Crippen molar-refractivity contribution in [3.63, 3.8) is 0 Å². The summed E-state index contributed by atoms with van der Waals surface area (Å²) in [6, 6.07) is 5.58. The molecule has 2 aromatic rings. The van der Waals surface area contributed by atoms with Gasteiger partial charge in [-0.2, -0.15) is 0 Å². The molecule has 2 amide bonds. The molecular formula is C16H20N6O2. The molecule has 1 fully saturated rings. The molecule has 1 aromatic carbocycles.